The van der Waals surface area contributed by atoms with Crippen molar-refractivity contribution in [2.75, 3.05) is 0 Å². The number of rotatable bonds is 14. The van der Waals surface area contributed by atoms with E-state index >= 15 is 0 Å². The third kappa shape index (κ3) is 39.3. The SMILES string of the molecule is C.C.CC.CC.CC.CC.CC.CC.CC(C)(C)CC(CC(C)(C)C)(CC(C)(C)C)CC(Cc1ccccc1)(Cc1ccccc1)CC(CC(C)(C)C)(CC(C)(C)C)CC(C)(C)C. The van der Waals surface area contributed by atoms with Gasteiger partial charge in [0.15, 0.2) is 0 Å². The molecule has 0 nitrogen and oxygen atoms in total. The molecule has 2 aromatic rings. The van der Waals surface area contributed by atoms with E-state index in [1.165, 1.54) is 62.5 Å². The first-order valence-corrected chi connectivity index (χ1v) is 25.9. The summed E-state index contributed by atoms with van der Waals surface area (Å²) in [7, 11) is 0. The van der Waals surface area contributed by atoms with Gasteiger partial charge in [0.05, 0.1) is 0 Å². The fourth-order valence-electron chi connectivity index (χ4n) is 11.5. The average Bonchev–Trinajstić information content (AvgIpc) is 3.09. The summed E-state index contributed by atoms with van der Waals surface area (Å²) in [6.07, 6.45) is 12.3. The third-order valence-electron chi connectivity index (χ3n) is 9.78. The molecule has 0 unspecified atom stereocenters. The molecule has 0 aliphatic heterocycles. The van der Waals surface area contributed by atoms with Crippen molar-refractivity contribution >= 4 is 0 Å². The fourth-order valence-corrected chi connectivity index (χ4v) is 11.5. The van der Waals surface area contributed by atoms with E-state index in [2.05, 4.69) is 185 Å². The highest BCUT2D eigenvalue weighted by atomic mass is 14.6. The summed E-state index contributed by atoms with van der Waals surface area (Å²) in [6.45, 7) is 69.1. The molecule has 0 radical (unpaired) electrons. The summed E-state index contributed by atoms with van der Waals surface area (Å²) in [5, 5.41) is 0. The topological polar surface area (TPSA) is 0 Å². The van der Waals surface area contributed by atoms with Crippen molar-refractivity contribution in [1.82, 2.24) is 0 Å². The van der Waals surface area contributed by atoms with Crippen LogP contribution in [-0.2, 0) is 12.8 Å². The standard InChI is InChI=1S/C49H84.6C2H6.2CH4/c1-41(2,3)31-48(32-42(4,5)6,33-43(7,8)9)37-47(29-39-25-21-19-22-26-39,30-40-27-23-20-24-28-40)38-49(34-44(10,11)12,35-45(13,14)15)36-46(16,17)18;6*1-2;;/h19-28H,29-38H2,1-18H3;6*1-2H3;2*1H4. The zero-order chi connectivity index (χ0) is 49.8. The van der Waals surface area contributed by atoms with Crippen molar-refractivity contribution in [3.8, 4) is 0 Å². The lowest BCUT2D eigenvalue weighted by atomic mass is 9.49. The highest BCUT2D eigenvalue weighted by molar-refractivity contribution is 5.22. The Balaban J connectivity index is -0.000000411. The van der Waals surface area contributed by atoms with Crippen LogP contribution in [0, 0.1) is 48.7 Å². The maximum atomic E-state index is 2.51. The number of benzene rings is 2. The van der Waals surface area contributed by atoms with Crippen molar-refractivity contribution in [2.24, 2.45) is 48.7 Å². The monoisotopic (exact) mass is 885 g/mol. The fraction of sp³-hybridized carbons (Fsp3) is 0.810. The van der Waals surface area contributed by atoms with Crippen molar-refractivity contribution in [1.29, 1.82) is 0 Å². The second kappa shape index (κ2) is 34.7. The first kappa shape index (κ1) is 75.7. The molecule has 0 atom stereocenters. The quantitative estimate of drug-likeness (QED) is 0.177. The Morgan fingerprint density at radius 2 is 0.397 bits per heavy atom. The Hall–Kier alpha value is -1.56. The van der Waals surface area contributed by atoms with Crippen LogP contribution in [0.2, 0.25) is 0 Å². The second-order valence-corrected chi connectivity index (χ2v) is 24.6. The molecule has 0 aromatic heterocycles. The van der Waals surface area contributed by atoms with Gasteiger partial charge in [-0.2, -0.15) is 0 Å². The molecule has 0 N–H and O–H groups in total. The molecule has 0 amide bonds. The number of hydrogen-bond donors (Lipinski definition) is 0. The summed E-state index contributed by atoms with van der Waals surface area (Å²) in [6, 6.07) is 23.2. The molecule has 0 saturated heterocycles. The lowest BCUT2D eigenvalue weighted by molar-refractivity contribution is -0.0401. The van der Waals surface area contributed by atoms with Gasteiger partial charge in [0.25, 0.3) is 0 Å². The van der Waals surface area contributed by atoms with E-state index in [0.29, 0.717) is 0 Å². The maximum Gasteiger partial charge on any atom is -0.0206 e. The van der Waals surface area contributed by atoms with Crippen molar-refractivity contribution in [3.63, 3.8) is 0 Å². The lowest BCUT2D eigenvalue weighted by Crippen LogP contribution is -2.46. The predicted octanol–water partition coefficient (Wildman–Crippen LogP) is 23.3. The van der Waals surface area contributed by atoms with Crippen LogP contribution in [0.1, 0.15) is 285 Å². The van der Waals surface area contributed by atoms with E-state index in [0.717, 1.165) is 12.8 Å². The zero-order valence-corrected chi connectivity index (χ0v) is 48.3. The molecule has 0 saturated carbocycles. The Bertz CT molecular complexity index is 1050. The summed E-state index contributed by atoms with van der Waals surface area (Å²) >= 11 is 0. The summed E-state index contributed by atoms with van der Waals surface area (Å²) < 4.78 is 0. The minimum absolute atomic E-state index is 0. The smallest absolute Gasteiger partial charge is 0.0206 e. The lowest BCUT2D eigenvalue weighted by Gasteiger charge is -2.55. The Morgan fingerprint density at radius 1 is 0.238 bits per heavy atom. The Kier molecular flexibility index (Phi) is 41.7. The molecule has 63 heavy (non-hydrogen) atoms. The van der Waals surface area contributed by atoms with E-state index in [4.69, 9.17) is 0 Å². The van der Waals surface area contributed by atoms with E-state index in [-0.39, 0.29) is 63.6 Å². The molecule has 0 fully saturated rings. The van der Waals surface area contributed by atoms with Gasteiger partial charge < -0.3 is 0 Å². The first-order valence-electron chi connectivity index (χ1n) is 25.9. The van der Waals surface area contributed by atoms with E-state index in [1.54, 1.807) is 0 Å². The van der Waals surface area contributed by atoms with Gasteiger partial charge in [0.1, 0.15) is 0 Å². The van der Waals surface area contributed by atoms with Crippen molar-refractivity contribution in [3.05, 3.63) is 71.8 Å². The van der Waals surface area contributed by atoms with Gasteiger partial charge in [0.2, 0.25) is 0 Å². The molecular formula is C63H128. The molecule has 380 valence electrons. The summed E-state index contributed by atoms with van der Waals surface area (Å²) in [5.74, 6) is 0. The molecular weight excluding hydrogens is 757 g/mol. The van der Waals surface area contributed by atoms with Gasteiger partial charge in [-0.1, -0.05) is 283 Å². The normalized spacial score (nSPS) is 12.0. The molecule has 0 bridgehead atoms. The molecule has 0 heterocycles. The van der Waals surface area contributed by atoms with E-state index in [1.807, 2.05) is 83.1 Å². The van der Waals surface area contributed by atoms with Crippen LogP contribution in [-0.4, -0.2) is 0 Å². The average molecular weight is 886 g/mol. The van der Waals surface area contributed by atoms with Gasteiger partial charge >= 0.3 is 0 Å². The highest BCUT2D eigenvalue weighted by Crippen LogP contribution is 2.61. The molecule has 2 rings (SSSR count). The van der Waals surface area contributed by atoms with Crippen LogP contribution in [0.3, 0.4) is 0 Å². The maximum absolute atomic E-state index is 2.51. The Morgan fingerprint density at radius 3 is 0.540 bits per heavy atom. The van der Waals surface area contributed by atoms with Crippen LogP contribution < -0.4 is 0 Å². The number of hydrogen-bond acceptors (Lipinski definition) is 0. The summed E-state index contributed by atoms with van der Waals surface area (Å²) in [4.78, 5) is 0. The predicted molar refractivity (Wildman–Crippen MR) is 303 cm³/mol. The second-order valence-electron chi connectivity index (χ2n) is 24.6. The van der Waals surface area contributed by atoms with Crippen LogP contribution in [0.4, 0.5) is 0 Å². The minimum Gasteiger partial charge on any atom is -0.0776 e. The van der Waals surface area contributed by atoms with Gasteiger partial charge in [-0.05, 0) is 124 Å². The van der Waals surface area contributed by atoms with Gasteiger partial charge in [0, 0.05) is 0 Å². The summed E-state index contributed by atoms with van der Waals surface area (Å²) in [5.41, 5.74) is 4.93. The van der Waals surface area contributed by atoms with Gasteiger partial charge in [-0.3, -0.25) is 0 Å². The largest absolute Gasteiger partial charge is 0.0776 e. The first-order chi connectivity index (χ1) is 27.8. The van der Waals surface area contributed by atoms with E-state index in [9.17, 15) is 0 Å². The Labute approximate surface area is 405 Å². The molecule has 2 aromatic carbocycles. The molecule has 0 spiro atoms. The van der Waals surface area contributed by atoms with Gasteiger partial charge in [-0.25, -0.2) is 0 Å². The zero-order valence-electron chi connectivity index (χ0n) is 48.3. The molecule has 0 aliphatic carbocycles. The van der Waals surface area contributed by atoms with E-state index < -0.39 is 0 Å². The third-order valence-corrected chi connectivity index (χ3v) is 9.78. The van der Waals surface area contributed by atoms with Crippen molar-refractivity contribution < 1.29 is 0 Å². The van der Waals surface area contributed by atoms with Crippen LogP contribution in [0.5, 0.6) is 0 Å². The molecule has 0 heteroatoms. The van der Waals surface area contributed by atoms with Crippen LogP contribution >= 0.6 is 0 Å². The molecule has 0 aliphatic rings. The van der Waals surface area contributed by atoms with Crippen LogP contribution in [0.15, 0.2) is 60.7 Å². The van der Waals surface area contributed by atoms with Crippen molar-refractivity contribution in [2.45, 2.75) is 287 Å². The highest BCUT2D eigenvalue weighted by Gasteiger charge is 2.51. The van der Waals surface area contributed by atoms with Crippen LogP contribution in [0.25, 0.3) is 0 Å². The minimum atomic E-state index is 0. The van der Waals surface area contributed by atoms with Gasteiger partial charge in [-0.15, -0.1) is 0 Å².